The van der Waals surface area contributed by atoms with E-state index in [9.17, 15) is 4.79 Å². The van der Waals surface area contributed by atoms with Gasteiger partial charge in [0, 0.05) is 6.42 Å². The molecular formula is C14H20O4. The van der Waals surface area contributed by atoms with Crippen molar-refractivity contribution in [2.75, 3.05) is 21.3 Å². The minimum Gasteiger partial charge on any atom is -0.493 e. The molecule has 1 aromatic rings. The molecule has 0 bridgehead atoms. The zero-order chi connectivity index (χ0) is 13.5. The van der Waals surface area contributed by atoms with Crippen molar-refractivity contribution in [3.05, 3.63) is 17.7 Å². The maximum absolute atomic E-state index is 10.4. The molecule has 4 heteroatoms. The molecule has 100 valence electrons. The molecular weight excluding hydrogens is 232 g/mol. The van der Waals surface area contributed by atoms with Crippen LogP contribution >= 0.6 is 0 Å². The molecule has 1 rings (SSSR count). The number of aldehydes is 1. The molecule has 0 saturated heterocycles. The number of hydrogen-bond donors (Lipinski definition) is 0. The Kier molecular flexibility index (Phi) is 5.49. The van der Waals surface area contributed by atoms with E-state index in [2.05, 4.69) is 6.92 Å². The zero-order valence-electron chi connectivity index (χ0n) is 11.4. The van der Waals surface area contributed by atoms with Crippen molar-refractivity contribution in [1.82, 2.24) is 0 Å². The van der Waals surface area contributed by atoms with E-state index in [0.717, 1.165) is 18.3 Å². The minimum atomic E-state index is 0.268. The average Bonchev–Trinajstić information content (AvgIpc) is 2.42. The number of benzene rings is 1. The summed E-state index contributed by atoms with van der Waals surface area (Å²) in [5.41, 5.74) is 1.08. The summed E-state index contributed by atoms with van der Waals surface area (Å²) >= 11 is 0. The van der Waals surface area contributed by atoms with Gasteiger partial charge in [-0.15, -0.1) is 0 Å². The van der Waals surface area contributed by atoms with Gasteiger partial charge in [0.15, 0.2) is 11.5 Å². The summed E-state index contributed by atoms with van der Waals surface area (Å²) < 4.78 is 15.9. The molecule has 1 aromatic carbocycles. The minimum absolute atomic E-state index is 0.268. The fraction of sp³-hybridized carbons (Fsp3) is 0.500. The highest BCUT2D eigenvalue weighted by atomic mass is 16.5. The van der Waals surface area contributed by atoms with Gasteiger partial charge in [0.1, 0.15) is 6.29 Å². The highest BCUT2D eigenvalue weighted by Crippen LogP contribution is 2.40. The monoisotopic (exact) mass is 252 g/mol. The van der Waals surface area contributed by atoms with Crippen LogP contribution in [0.1, 0.15) is 31.2 Å². The van der Waals surface area contributed by atoms with Crippen LogP contribution in [0, 0.1) is 0 Å². The van der Waals surface area contributed by atoms with Crippen molar-refractivity contribution in [1.29, 1.82) is 0 Å². The molecule has 0 spiro atoms. The molecule has 0 amide bonds. The van der Waals surface area contributed by atoms with Crippen molar-refractivity contribution in [3.8, 4) is 17.2 Å². The first-order valence-corrected chi connectivity index (χ1v) is 5.91. The normalized spacial score (nSPS) is 11.8. The third-order valence-electron chi connectivity index (χ3n) is 2.97. The quantitative estimate of drug-likeness (QED) is 0.700. The summed E-state index contributed by atoms with van der Waals surface area (Å²) in [4.78, 5) is 10.4. The van der Waals surface area contributed by atoms with Crippen LogP contribution in [0.15, 0.2) is 12.1 Å². The first-order valence-electron chi connectivity index (χ1n) is 5.91. The van der Waals surface area contributed by atoms with Gasteiger partial charge in [0.2, 0.25) is 5.75 Å². The number of carbonyl (C=O) groups excluding carboxylic acids is 1. The number of ether oxygens (including phenoxy) is 3. The molecule has 0 aliphatic rings. The standard InChI is InChI=1S/C14H20O4/c1-10(6-5-7-15)11-8-12(16-2)14(18-4)13(9-11)17-3/h7-10H,5-6H2,1-4H3. The van der Waals surface area contributed by atoms with Crippen LogP contribution < -0.4 is 14.2 Å². The number of hydrogen-bond acceptors (Lipinski definition) is 4. The largest absolute Gasteiger partial charge is 0.493 e. The van der Waals surface area contributed by atoms with E-state index in [1.807, 2.05) is 12.1 Å². The first-order chi connectivity index (χ1) is 8.67. The molecule has 0 aliphatic heterocycles. The van der Waals surface area contributed by atoms with E-state index in [1.165, 1.54) is 0 Å². The third-order valence-corrected chi connectivity index (χ3v) is 2.97. The Morgan fingerprint density at radius 3 is 2.06 bits per heavy atom. The van der Waals surface area contributed by atoms with Crippen molar-refractivity contribution < 1.29 is 19.0 Å². The maximum atomic E-state index is 10.4. The van der Waals surface area contributed by atoms with Crippen LogP contribution in [0.2, 0.25) is 0 Å². The van der Waals surface area contributed by atoms with Gasteiger partial charge in [-0.3, -0.25) is 0 Å². The molecule has 0 aliphatic carbocycles. The van der Waals surface area contributed by atoms with E-state index in [4.69, 9.17) is 14.2 Å². The number of carbonyl (C=O) groups is 1. The molecule has 0 saturated carbocycles. The van der Waals surface area contributed by atoms with Crippen LogP contribution in [0.4, 0.5) is 0 Å². The summed E-state index contributed by atoms with van der Waals surface area (Å²) in [6, 6.07) is 3.85. The van der Waals surface area contributed by atoms with Crippen molar-refractivity contribution in [2.45, 2.75) is 25.7 Å². The first kappa shape index (κ1) is 14.4. The van der Waals surface area contributed by atoms with Gasteiger partial charge in [0.05, 0.1) is 21.3 Å². The van der Waals surface area contributed by atoms with E-state index in [0.29, 0.717) is 23.7 Å². The van der Waals surface area contributed by atoms with Crippen molar-refractivity contribution in [3.63, 3.8) is 0 Å². The average molecular weight is 252 g/mol. The van der Waals surface area contributed by atoms with Gasteiger partial charge in [-0.2, -0.15) is 0 Å². The summed E-state index contributed by atoms with van der Waals surface area (Å²) in [5, 5.41) is 0. The number of methoxy groups -OCH3 is 3. The second-order valence-electron chi connectivity index (χ2n) is 4.10. The van der Waals surface area contributed by atoms with E-state index < -0.39 is 0 Å². The molecule has 0 fully saturated rings. The van der Waals surface area contributed by atoms with Gasteiger partial charge in [-0.1, -0.05) is 6.92 Å². The number of rotatable bonds is 7. The molecule has 0 radical (unpaired) electrons. The smallest absolute Gasteiger partial charge is 0.203 e. The summed E-state index contributed by atoms with van der Waals surface area (Å²) in [7, 11) is 4.77. The molecule has 18 heavy (non-hydrogen) atoms. The Morgan fingerprint density at radius 1 is 1.11 bits per heavy atom. The predicted octanol–water partition coefficient (Wildman–Crippen LogP) is 2.80. The van der Waals surface area contributed by atoms with E-state index in [1.54, 1.807) is 21.3 Å². The second kappa shape index (κ2) is 6.89. The van der Waals surface area contributed by atoms with E-state index in [-0.39, 0.29) is 5.92 Å². The predicted molar refractivity (Wildman–Crippen MR) is 69.8 cm³/mol. The lowest BCUT2D eigenvalue weighted by molar-refractivity contribution is -0.108. The highest BCUT2D eigenvalue weighted by molar-refractivity contribution is 5.55. The summed E-state index contributed by atoms with van der Waals surface area (Å²) in [5.74, 6) is 2.14. The second-order valence-corrected chi connectivity index (χ2v) is 4.10. The lowest BCUT2D eigenvalue weighted by atomic mass is 9.96. The molecule has 1 unspecified atom stereocenters. The zero-order valence-corrected chi connectivity index (χ0v) is 11.4. The van der Waals surface area contributed by atoms with Crippen LogP contribution in [-0.2, 0) is 4.79 Å². The van der Waals surface area contributed by atoms with Gasteiger partial charge in [-0.05, 0) is 30.0 Å². The van der Waals surface area contributed by atoms with Crippen LogP contribution in [0.25, 0.3) is 0 Å². The fourth-order valence-electron chi connectivity index (χ4n) is 1.87. The Hall–Kier alpha value is -1.71. The van der Waals surface area contributed by atoms with Gasteiger partial charge >= 0.3 is 0 Å². The van der Waals surface area contributed by atoms with Gasteiger partial charge in [-0.25, -0.2) is 0 Å². The molecule has 0 aromatic heterocycles. The maximum Gasteiger partial charge on any atom is 0.203 e. The van der Waals surface area contributed by atoms with Gasteiger partial charge < -0.3 is 19.0 Å². The SMILES string of the molecule is COc1cc(C(C)CCC=O)cc(OC)c1OC. The van der Waals surface area contributed by atoms with Crippen LogP contribution in [0.5, 0.6) is 17.2 Å². The van der Waals surface area contributed by atoms with Gasteiger partial charge in [0.25, 0.3) is 0 Å². The van der Waals surface area contributed by atoms with Crippen LogP contribution in [-0.4, -0.2) is 27.6 Å². The third kappa shape index (κ3) is 3.15. The summed E-state index contributed by atoms with van der Waals surface area (Å²) in [6.45, 7) is 2.07. The molecule has 0 N–H and O–H groups in total. The molecule has 1 atom stereocenters. The highest BCUT2D eigenvalue weighted by Gasteiger charge is 2.16. The van der Waals surface area contributed by atoms with Crippen molar-refractivity contribution >= 4 is 6.29 Å². The molecule has 4 nitrogen and oxygen atoms in total. The Bertz CT molecular complexity index is 376. The topological polar surface area (TPSA) is 44.8 Å². The molecule has 0 heterocycles. The Labute approximate surface area is 108 Å². The lowest BCUT2D eigenvalue weighted by Gasteiger charge is -2.17. The van der Waals surface area contributed by atoms with E-state index >= 15 is 0 Å². The lowest BCUT2D eigenvalue weighted by Crippen LogP contribution is -2.00. The Morgan fingerprint density at radius 2 is 1.67 bits per heavy atom. The van der Waals surface area contributed by atoms with Crippen LogP contribution in [0.3, 0.4) is 0 Å². The Balaban J connectivity index is 3.10. The van der Waals surface area contributed by atoms with Crippen molar-refractivity contribution in [2.24, 2.45) is 0 Å². The fourth-order valence-corrected chi connectivity index (χ4v) is 1.87. The summed E-state index contributed by atoms with van der Waals surface area (Å²) in [6.07, 6.45) is 2.30.